The third-order valence-electron chi connectivity index (χ3n) is 10.9. The van der Waals surface area contributed by atoms with Gasteiger partial charge in [-0.3, -0.25) is 4.98 Å². The number of fused-ring (bicyclic) bond motifs is 4. The molecule has 6 heteroatoms. The van der Waals surface area contributed by atoms with Gasteiger partial charge in [0.25, 0.3) is 0 Å². The molecule has 0 saturated carbocycles. The van der Waals surface area contributed by atoms with Crippen molar-refractivity contribution in [1.29, 1.82) is 0 Å². The number of hydrogen-bond donors (Lipinski definition) is 0. The summed E-state index contributed by atoms with van der Waals surface area (Å²) in [6.07, 6.45) is 1.89. The quantitative estimate of drug-likeness (QED) is 0.123. The van der Waals surface area contributed by atoms with Gasteiger partial charge in [-0.05, 0) is 69.6 Å². The number of hydrogen-bond acceptors (Lipinski definition) is 3. The summed E-state index contributed by atoms with van der Waals surface area (Å²) in [5.41, 5.74) is 13.0. The number of rotatable bonds is 6. The van der Waals surface area contributed by atoms with E-state index in [4.69, 9.17) is 13.5 Å². The zero-order chi connectivity index (χ0) is 44.0. The second-order valence-electron chi connectivity index (χ2n) is 17.2. The molecule has 4 nitrogen and oxygen atoms in total. The molecule has 0 saturated heterocycles. The van der Waals surface area contributed by atoms with E-state index in [1.165, 1.54) is 26.6 Å². The Bertz CT molecular complexity index is 3260. The number of imidazole rings is 1. The Balaban J connectivity index is 0.000000236. The van der Waals surface area contributed by atoms with Crippen LogP contribution >= 0.6 is 0 Å². The van der Waals surface area contributed by atoms with Gasteiger partial charge in [0.15, 0.2) is 0 Å². The van der Waals surface area contributed by atoms with E-state index in [1.54, 1.807) is 6.07 Å². The van der Waals surface area contributed by atoms with Gasteiger partial charge in [-0.1, -0.05) is 111 Å². The van der Waals surface area contributed by atoms with Crippen LogP contribution in [0.3, 0.4) is 0 Å². The van der Waals surface area contributed by atoms with E-state index in [-0.39, 0.29) is 43.6 Å². The summed E-state index contributed by atoms with van der Waals surface area (Å²) >= 11 is -1.86. The van der Waals surface area contributed by atoms with Crippen molar-refractivity contribution in [3.8, 4) is 50.6 Å². The van der Waals surface area contributed by atoms with E-state index in [9.17, 15) is 0 Å². The van der Waals surface area contributed by atoms with Gasteiger partial charge in [0.05, 0.1) is 22.4 Å². The van der Waals surface area contributed by atoms with Crippen LogP contribution in [0.25, 0.3) is 83.6 Å². The molecule has 3 aromatic heterocycles. The van der Waals surface area contributed by atoms with E-state index >= 15 is 0 Å². The summed E-state index contributed by atoms with van der Waals surface area (Å²) in [6, 6.07) is 58.6. The first-order chi connectivity index (χ1) is 30.2. The topological polar surface area (TPSA) is 43.9 Å². The minimum absolute atomic E-state index is 0. The molecule has 0 bridgehead atoms. The van der Waals surface area contributed by atoms with Crippen LogP contribution < -0.4 is 4.40 Å². The van der Waals surface area contributed by atoms with Gasteiger partial charge in [0.1, 0.15) is 5.58 Å². The number of pyridine rings is 1. The Labute approximate surface area is 379 Å². The third-order valence-corrected chi connectivity index (χ3v) is 15.2. The molecule has 0 spiro atoms. The van der Waals surface area contributed by atoms with Crippen LogP contribution in [0, 0.1) is 12.1 Å². The largest absolute Gasteiger partial charge is 0 e. The summed E-state index contributed by atoms with van der Waals surface area (Å²) in [4.78, 5) is 9.62. The summed E-state index contributed by atoms with van der Waals surface area (Å²) in [5.74, 6) is 7.78. The summed E-state index contributed by atoms with van der Waals surface area (Å²) < 4.78 is 32.6. The number of aromatic nitrogens is 3. The molecule has 303 valence electrons. The Hall–Kier alpha value is -5.85. The Morgan fingerprint density at radius 2 is 1.31 bits per heavy atom. The van der Waals surface area contributed by atoms with Crippen molar-refractivity contribution in [3.63, 3.8) is 0 Å². The van der Waals surface area contributed by atoms with Crippen molar-refractivity contribution in [2.24, 2.45) is 0 Å². The van der Waals surface area contributed by atoms with Gasteiger partial charge >= 0.3 is 104 Å². The van der Waals surface area contributed by atoms with Gasteiger partial charge in [0, 0.05) is 31.2 Å². The van der Waals surface area contributed by atoms with Crippen LogP contribution in [-0.4, -0.2) is 27.8 Å². The Morgan fingerprint density at radius 3 is 1.98 bits per heavy atom. The van der Waals surface area contributed by atoms with Crippen molar-refractivity contribution in [3.05, 3.63) is 194 Å². The molecule has 3 heterocycles. The van der Waals surface area contributed by atoms with Gasteiger partial charge in [0.2, 0.25) is 0 Å². The first-order valence-corrected chi connectivity index (χ1v) is 27.7. The van der Waals surface area contributed by atoms with Gasteiger partial charge in [-0.2, -0.15) is 0 Å². The van der Waals surface area contributed by atoms with Crippen molar-refractivity contribution >= 4 is 50.6 Å². The van der Waals surface area contributed by atoms with Crippen molar-refractivity contribution in [2.75, 3.05) is 0 Å². The first-order valence-electron chi connectivity index (χ1n) is 21.8. The van der Waals surface area contributed by atoms with Crippen molar-refractivity contribution < 1.29 is 28.6 Å². The standard InChI is InChI=1S/C41H31N2O.C14H16GeN.Ir/c1-41(2,3)34-26-30(28-14-8-5-9-15-28)18-21-36(34)43-37-17-11-10-16-35(37)42-40(43)31-20-23-39-33(25-31)32-24-29(19-22-38(32)44-39)27-12-6-4-7-13-27;1-15(2,3)13-9-10-14(16-11-13)12-7-5-4-6-8-12;/h4-19,21-26H,1-3H3;4-7,9-11H,1-3H3;/q2*-1;/i;4D,5D,6D;. The fourth-order valence-corrected chi connectivity index (χ4v) is 9.84. The van der Waals surface area contributed by atoms with E-state index < -0.39 is 13.3 Å². The van der Waals surface area contributed by atoms with Crippen LogP contribution in [0.1, 0.15) is 30.4 Å². The van der Waals surface area contributed by atoms with E-state index in [0.717, 1.165) is 55.6 Å². The van der Waals surface area contributed by atoms with Crippen molar-refractivity contribution in [2.45, 2.75) is 43.5 Å². The van der Waals surface area contributed by atoms with Crippen LogP contribution in [0.5, 0.6) is 0 Å². The molecule has 0 amide bonds. The molecular weight excluding hydrogens is 983 g/mol. The molecule has 0 unspecified atom stereocenters. The zero-order valence-electron chi connectivity index (χ0n) is 38.1. The zero-order valence-corrected chi connectivity index (χ0v) is 39.6. The summed E-state index contributed by atoms with van der Waals surface area (Å²) in [5, 5.41) is 2.14. The average Bonchev–Trinajstić information content (AvgIpc) is 3.86. The summed E-state index contributed by atoms with van der Waals surface area (Å²) in [7, 11) is 0. The van der Waals surface area contributed by atoms with E-state index in [0.29, 0.717) is 11.3 Å². The molecule has 10 aromatic rings. The van der Waals surface area contributed by atoms with Crippen molar-refractivity contribution in [1.82, 2.24) is 14.5 Å². The molecule has 0 aliphatic carbocycles. The minimum atomic E-state index is -1.86. The predicted octanol–water partition coefficient (Wildman–Crippen LogP) is 14.1. The molecule has 0 aliphatic heterocycles. The normalized spacial score (nSPS) is 12.3. The molecule has 1 radical (unpaired) electrons. The SMILES string of the molecule is CC(C)(C)c1cc(-c2ccccc2)ccc1-n1c(-c2[c-]cc3oc4ccc(-c5ccccc5)cc4c3c2)nc2ccccc21.[2H]c1[c-]c(-c2cc[c]([Ge]([CH3])([CH3])[CH3])cn2)cc([2H])c1[2H].[Ir]. The predicted molar refractivity (Wildman–Crippen MR) is 254 cm³/mol. The molecule has 7 aromatic carbocycles. The first kappa shape index (κ1) is 38.1. The van der Waals surface area contributed by atoms with E-state index in [2.05, 4.69) is 181 Å². The molecule has 0 atom stereocenters. The number of nitrogens with zero attached hydrogens (tertiary/aromatic N) is 3. The Kier molecular flexibility index (Phi) is 10.8. The smallest absolute Gasteiger partial charge is 0 e. The number of benzene rings is 7. The van der Waals surface area contributed by atoms with Crippen LogP contribution in [0.4, 0.5) is 0 Å². The van der Waals surface area contributed by atoms with Crippen LogP contribution in [0.2, 0.25) is 17.3 Å². The second-order valence-corrected chi connectivity index (χ2v) is 27.8. The third kappa shape index (κ3) is 8.69. The van der Waals surface area contributed by atoms with Crippen LogP contribution in [-0.2, 0) is 25.5 Å². The van der Waals surface area contributed by atoms with Gasteiger partial charge < -0.3 is 8.98 Å². The fourth-order valence-electron chi connectivity index (χ4n) is 7.67. The monoisotopic (exact) mass is 1040 g/mol. The maximum absolute atomic E-state index is 7.65. The van der Waals surface area contributed by atoms with Crippen LogP contribution in [0.15, 0.2) is 180 Å². The Morgan fingerprint density at radius 1 is 0.639 bits per heavy atom. The minimum Gasteiger partial charge on any atom is 0 e. The molecule has 0 fully saturated rings. The fraction of sp³-hybridized carbons (Fsp3) is 0.127. The molecule has 0 aliphatic rings. The molecule has 10 rings (SSSR count). The summed E-state index contributed by atoms with van der Waals surface area (Å²) in [6.45, 7) is 6.83. The van der Waals surface area contributed by atoms with Gasteiger partial charge in [-0.15, -0.1) is 23.8 Å². The van der Waals surface area contributed by atoms with Gasteiger partial charge in [-0.25, -0.2) is 0 Å². The van der Waals surface area contributed by atoms with E-state index in [1.807, 2.05) is 30.5 Å². The average molecular weight is 1030 g/mol. The molecule has 61 heavy (non-hydrogen) atoms. The number of furan rings is 1. The molecule has 0 N–H and O–H groups in total. The molecular formula is C55H47GeIrN3O-2. The second kappa shape index (κ2) is 17.3. The maximum Gasteiger partial charge on any atom is 0 e. The number of para-hydroxylation sites is 2. The maximum atomic E-state index is 7.65.